The zero-order valence-electron chi connectivity index (χ0n) is 8.86. The smallest absolute Gasteiger partial charge is 0.329 e. The van der Waals surface area contributed by atoms with E-state index in [0.717, 1.165) is 0 Å². The SMILES string of the molecule is Cc1ncccc1C(=O)NC1(C(=O)O)CC1. The number of nitrogens with zero attached hydrogens (tertiary/aromatic N) is 1. The quantitative estimate of drug-likeness (QED) is 0.787. The van der Waals surface area contributed by atoms with Crippen LogP contribution in [0.3, 0.4) is 0 Å². The summed E-state index contributed by atoms with van der Waals surface area (Å²) in [6.45, 7) is 1.72. The van der Waals surface area contributed by atoms with E-state index in [1.807, 2.05) is 0 Å². The fraction of sp³-hybridized carbons (Fsp3) is 0.364. The lowest BCUT2D eigenvalue weighted by Crippen LogP contribution is -2.43. The molecule has 1 aromatic heterocycles. The first kappa shape index (κ1) is 10.6. The number of rotatable bonds is 3. The number of carbonyl (C=O) groups excluding carboxylic acids is 1. The summed E-state index contributed by atoms with van der Waals surface area (Å²) in [4.78, 5) is 26.7. The third-order valence-electron chi connectivity index (χ3n) is 2.76. The van der Waals surface area contributed by atoms with E-state index in [9.17, 15) is 9.59 Å². The summed E-state index contributed by atoms with van der Waals surface area (Å²) in [7, 11) is 0. The normalized spacial score (nSPS) is 16.6. The third-order valence-corrected chi connectivity index (χ3v) is 2.76. The molecule has 0 unspecified atom stereocenters. The molecule has 84 valence electrons. The highest BCUT2D eigenvalue weighted by atomic mass is 16.4. The lowest BCUT2D eigenvalue weighted by molar-refractivity contribution is -0.140. The van der Waals surface area contributed by atoms with Gasteiger partial charge in [-0.3, -0.25) is 9.78 Å². The number of hydrogen-bond acceptors (Lipinski definition) is 3. The van der Waals surface area contributed by atoms with Crippen LogP contribution >= 0.6 is 0 Å². The molecule has 0 spiro atoms. The maximum Gasteiger partial charge on any atom is 0.329 e. The van der Waals surface area contributed by atoms with E-state index in [1.54, 1.807) is 25.3 Å². The lowest BCUT2D eigenvalue weighted by Gasteiger charge is -2.12. The molecule has 1 aliphatic rings. The van der Waals surface area contributed by atoms with E-state index in [-0.39, 0.29) is 5.91 Å². The van der Waals surface area contributed by atoms with Crippen LogP contribution < -0.4 is 5.32 Å². The van der Waals surface area contributed by atoms with Gasteiger partial charge in [0.15, 0.2) is 0 Å². The molecule has 1 amide bonds. The molecule has 2 N–H and O–H groups in total. The highest BCUT2D eigenvalue weighted by Gasteiger charge is 2.51. The number of aryl methyl sites for hydroxylation is 1. The van der Waals surface area contributed by atoms with Crippen molar-refractivity contribution in [2.24, 2.45) is 0 Å². The Labute approximate surface area is 92.5 Å². The molecule has 0 aromatic carbocycles. The van der Waals surface area contributed by atoms with Crippen molar-refractivity contribution in [3.05, 3.63) is 29.6 Å². The standard InChI is InChI=1S/C11H12N2O3/c1-7-8(3-2-6-12-7)9(14)13-11(4-5-11)10(15)16/h2-3,6H,4-5H2,1H3,(H,13,14)(H,15,16). The van der Waals surface area contributed by atoms with Crippen molar-refractivity contribution in [2.45, 2.75) is 25.3 Å². The van der Waals surface area contributed by atoms with E-state index >= 15 is 0 Å². The fourth-order valence-electron chi connectivity index (χ4n) is 1.53. The van der Waals surface area contributed by atoms with E-state index < -0.39 is 11.5 Å². The van der Waals surface area contributed by atoms with Gasteiger partial charge in [0.1, 0.15) is 5.54 Å². The van der Waals surface area contributed by atoms with Gasteiger partial charge in [-0.05, 0) is 31.9 Å². The second kappa shape index (κ2) is 3.59. The average Bonchev–Trinajstić information content (AvgIpc) is 2.99. The second-order valence-corrected chi connectivity index (χ2v) is 3.98. The minimum atomic E-state index is -1.04. The number of aliphatic carboxylic acids is 1. The van der Waals surface area contributed by atoms with Gasteiger partial charge in [0.05, 0.1) is 5.56 Å². The average molecular weight is 220 g/mol. The Balaban J connectivity index is 2.16. The van der Waals surface area contributed by atoms with Crippen molar-refractivity contribution >= 4 is 11.9 Å². The van der Waals surface area contributed by atoms with Crippen molar-refractivity contribution in [1.82, 2.24) is 10.3 Å². The Morgan fingerprint density at radius 3 is 2.69 bits per heavy atom. The Bertz CT molecular complexity index is 452. The van der Waals surface area contributed by atoms with Crippen LogP contribution in [-0.2, 0) is 4.79 Å². The molecule has 1 saturated carbocycles. The topological polar surface area (TPSA) is 79.3 Å². The Hall–Kier alpha value is -1.91. The second-order valence-electron chi connectivity index (χ2n) is 3.98. The number of aromatic nitrogens is 1. The van der Waals surface area contributed by atoms with Crippen LogP contribution in [-0.4, -0.2) is 27.5 Å². The van der Waals surface area contributed by atoms with E-state index in [0.29, 0.717) is 24.1 Å². The van der Waals surface area contributed by atoms with Gasteiger partial charge >= 0.3 is 5.97 Å². The van der Waals surface area contributed by atoms with Crippen LogP contribution in [0.1, 0.15) is 28.9 Å². The fourth-order valence-corrected chi connectivity index (χ4v) is 1.53. The van der Waals surface area contributed by atoms with Gasteiger partial charge in [-0.15, -0.1) is 0 Å². The number of carboxylic acid groups (broad SMARTS) is 1. The molecular formula is C11H12N2O3. The van der Waals surface area contributed by atoms with Gasteiger partial charge in [0.25, 0.3) is 5.91 Å². The Kier molecular flexibility index (Phi) is 2.38. The van der Waals surface area contributed by atoms with E-state index in [4.69, 9.17) is 5.11 Å². The van der Waals surface area contributed by atoms with Crippen molar-refractivity contribution in [3.63, 3.8) is 0 Å². The lowest BCUT2D eigenvalue weighted by atomic mass is 10.1. The van der Waals surface area contributed by atoms with Crippen LogP contribution in [0.5, 0.6) is 0 Å². The van der Waals surface area contributed by atoms with Gasteiger partial charge < -0.3 is 10.4 Å². The molecule has 0 aliphatic heterocycles. The van der Waals surface area contributed by atoms with Crippen LogP contribution in [0.15, 0.2) is 18.3 Å². The van der Waals surface area contributed by atoms with E-state index in [1.165, 1.54) is 0 Å². The van der Waals surface area contributed by atoms with E-state index in [2.05, 4.69) is 10.3 Å². The highest BCUT2D eigenvalue weighted by molar-refractivity contribution is 5.99. The molecular weight excluding hydrogens is 208 g/mol. The van der Waals surface area contributed by atoms with Crippen LogP contribution in [0.25, 0.3) is 0 Å². The zero-order valence-corrected chi connectivity index (χ0v) is 8.86. The van der Waals surface area contributed by atoms with Crippen molar-refractivity contribution in [3.8, 4) is 0 Å². The molecule has 0 radical (unpaired) electrons. The molecule has 0 atom stereocenters. The summed E-state index contributed by atoms with van der Waals surface area (Å²) in [5.74, 6) is -1.34. The number of carbonyl (C=O) groups is 2. The molecule has 0 bridgehead atoms. The number of hydrogen-bond donors (Lipinski definition) is 2. The number of amides is 1. The summed E-state index contributed by atoms with van der Waals surface area (Å²) in [6, 6.07) is 3.29. The molecule has 1 aromatic rings. The summed E-state index contributed by atoms with van der Waals surface area (Å²) in [5, 5.41) is 11.5. The minimum Gasteiger partial charge on any atom is -0.480 e. The van der Waals surface area contributed by atoms with Crippen LogP contribution in [0.4, 0.5) is 0 Å². The molecule has 2 rings (SSSR count). The van der Waals surface area contributed by atoms with Gasteiger partial charge in [0, 0.05) is 11.9 Å². The molecule has 1 heterocycles. The van der Waals surface area contributed by atoms with Crippen LogP contribution in [0.2, 0.25) is 0 Å². The molecule has 16 heavy (non-hydrogen) atoms. The van der Waals surface area contributed by atoms with Gasteiger partial charge in [-0.2, -0.15) is 0 Å². The summed E-state index contributed by atoms with van der Waals surface area (Å²) >= 11 is 0. The minimum absolute atomic E-state index is 0.370. The van der Waals surface area contributed by atoms with Crippen molar-refractivity contribution in [2.75, 3.05) is 0 Å². The third kappa shape index (κ3) is 1.76. The predicted molar refractivity (Wildman–Crippen MR) is 56.0 cm³/mol. The largest absolute Gasteiger partial charge is 0.480 e. The Morgan fingerprint density at radius 2 is 2.19 bits per heavy atom. The monoisotopic (exact) mass is 220 g/mol. The van der Waals surface area contributed by atoms with Gasteiger partial charge in [-0.1, -0.05) is 0 Å². The first-order chi connectivity index (χ1) is 7.55. The molecule has 1 aliphatic carbocycles. The molecule has 5 nitrogen and oxygen atoms in total. The highest BCUT2D eigenvalue weighted by Crippen LogP contribution is 2.35. The predicted octanol–water partition coefficient (Wildman–Crippen LogP) is 0.737. The first-order valence-corrected chi connectivity index (χ1v) is 5.03. The number of pyridine rings is 1. The molecule has 1 fully saturated rings. The first-order valence-electron chi connectivity index (χ1n) is 5.03. The van der Waals surface area contributed by atoms with Gasteiger partial charge in [0.2, 0.25) is 0 Å². The summed E-state index contributed by atoms with van der Waals surface area (Å²) in [5.41, 5.74) is -0.0180. The van der Waals surface area contributed by atoms with Crippen LogP contribution in [0, 0.1) is 6.92 Å². The molecule has 0 saturated heterocycles. The Morgan fingerprint density at radius 1 is 1.50 bits per heavy atom. The summed E-state index contributed by atoms with van der Waals surface area (Å²) < 4.78 is 0. The molecule has 5 heteroatoms. The maximum absolute atomic E-state index is 11.8. The number of carboxylic acids is 1. The van der Waals surface area contributed by atoms with Gasteiger partial charge in [-0.25, -0.2) is 4.79 Å². The maximum atomic E-state index is 11.8. The summed E-state index contributed by atoms with van der Waals surface area (Å²) in [6.07, 6.45) is 2.58. The number of nitrogens with one attached hydrogen (secondary N) is 1. The van der Waals surface area contributed by atoms with Crippen molar-refractivity contribution < 1.29 is 14.7 Å². The zero-order chi connectivity index (χ0) is 11.8. The van der Waals surface area contributed by atoms with Crippen molar-refractivity contribution in [1.29, 1.82) is 0 Å².